The van der Waals surface area contributed by atoms with E-state index in [-0.39, 0.29) is 5.82 Å². The highest BCUT2D eigenvalue weighted by molar-refractivity contribution is 6.35. The molecule has 2 aromatic carbocycles. The smallest absolute Gasteiger partial charge is 0.449 e. The second kappa shape index (κ2) is 8.72. The molecule has 1 unspecified atom stereocenters. The second-order valence-electron chi connectivity index (χ2n) is 7.79. The van der Waals surface area contributed by atoms with Crippen LogP contribution in [0.4, 0.5) is 19.0 Å². The van der Waals surface area contributed by atoms with Gasteiger partial charge in [0.15, 0.2) is 6.10 Å². The normalized spacial score (nSPS) is 20.0. The second-order valence-corrected chi connectivity index (χ2v) is 8.19. The zero-order valence-electron chi connectivity index (χ0n) is 17.9. The van der Waals surface area contributed by atoms with Crippen molar-refractivity contribution >= 4 is 40.2 Å². The Morgan fingerprint density at radius 3 is 2.74 bits per heavy atom. The van der Waals surface area contributed by atoms with Crippen LogP contribution >= 0.6 is 11.6 Å². The zero-order valence-corrected chi connectivity index (χ0v) is 18.7. The summed E-state index contributed by atoms with van der Waals surface area (Å²) in [6.45, 7) is -0.453. The summed E-state index contributed by atoms with van der Waals surface area (Å²) in [5.74, 6) is 1.61. The molecule has 0 saturated carbocycles. The molecule has 35 heavy (non-hydrogen) atoms. The van der Waals surface area contributed by atoms with Crippen molar-refractivity contribution < 1.29 is 32.6 Å². The molecule has 0 radical (unpaired) electrons. The van der Waals surface area contributed by atoms with Crippen LogP contribution in [0.5, 0.6) is 0 Å². The van der Waals surface area contributed by atoms with E-state index in [0.29, 0.717) is 32.6 Å². The van der Waals surface area contributed by atoms with E-state index in [0.717, 1.165) is 4.90 Å². The van der Waals surface area contributed by atoms with Crippen LogP contribution < -0.4 is 5.73 Å². The van der Waals surface area contributed by atoms with E-state index in [2.05, 4.69) is 26.5 Å². The SMILES string of the molecule is CN1CC(OC(=O)C(F)(F)F)[C@](O)(C#Cc2cccc(-c3cc(Cl)c4ncnc(N)c4c3)c2)C1=O. The number of benzene rings is 2. The Balaban J connectivity index is 1.69. The van der Waals surface area contributed by atoms with Gasteiger partial charge in [-0.05, 0) is 41.3 Å². The number of nitrogens with zero attached hydrogens (tertiary/aromatic N) is 3. The summed E-state index contributed by atoms with van der Waals surface area (Å²) in [6.07, 6.45) is -5.82. The van der Waals surface area contributed by atoms with Crippen molar-refractivity contribution in [2.45, 2.75) is 17.9 Å². The highest BCUT2D eigenvalue weighted by atomic mass is 35.5. The van der Waals surface area contributed by atoms with Crippen LogP contribution in [0.1, 0.15) is 5.56 Å². The number of halogens is 4. The predicted molar refractivity (Wildman–Crippen MR) is 120 cm³/mol. The summed E-state index contributed by atoms with van der Waals surface area (Å²) in [7, 11) is 1.25. The van der Waals surface area contributed by atoms with E-state index in [4.69, 9.17) is 17.3 Å². The molecule has 0 spiro atoms. The third kappa shape index (κ3) is 4.58. The van der Waals surface area contributed by atoms with E-state index < -0.39 is 36.3 Å². The van der Waals surface area contributed by atoms with Gasteiger partial charge >= 0.3 is 12.1 Å². The summed E-state index contributed by atoms with van der Waals surface area (Å²) in [4.78, 5) is 32.7. The number of ether oxygens (including phenoxy) is 1. The van der Waals surface area contributed by atoms with E-state index in [1.165, 1.54) is 13.4 Å². The molecule has 1 amide bonds. The zero-order chi connectivity index (χ0) is 25.5. The number of carbonyl (C=O) groups is 2. The lowest BCUT2D eigenvalue weighted by atomic mass is 9.98. The topological polar surface area (TPSA) is 119 Å². The predicted octanol–water partition coefficient (Wildman–Crippen LogP) is 2.56. The lowest BCUT2D eigenvalue weighted by Gasteiger charge is -2.21. The van der Waals surface area contributed by atoms with Gasteiger partial charge in [0.2, 0.25) is 5.60 Å². The number of rotatable bonds is 2. The lowest BCUT2D eigenvalue weighted by Crippen LogP contribution is -2.47. The summed E-state index contributed by atoms with van der Waals surface area (Å²) in [5.41, 5.74) is 5.38. The van der Waals surface area contributed by atoms with Crippen molar-refractivity contribution in [3.05, 3.63) is 53.3 Å². The van der Waals surface area contributed by atoms with Crippen molar-refractivity contribution in [2.75, 3.05) is 19.3 Å². The van der Waals surface area contributed by atoms with Gasteiger partial charge in [-0.2, -0.15) is 13.2 Å². The summed E-state index contributed by atoms with van der Waals surface area (Å²) < 4.78 is 42.3. The van der Waals surface area contributed by atoms with Gasteiger partial charge in [0, 0.05) is 18.0 Å². The molecule has 4 rings (SSSR count). The van der Waals surface area contributed by atoms with Crippen LogP contribution in [0.15, 0.2) is 42.7 Å². The van der Waals surface area contributed by atoms with Gasteiger partial charge in [-0.15, -0.1) is 0 Å². The van der Waals surface area contributed by atoms with Crippen LogP contribution in [-0.2, 0) is 14.3 Å². The third-order valence-corrected chi connectivity index (χ3v) is 5.66. The Morgan fingerprint density at radius 1 is 1.29 bits per heavy atom. The number of amides is 1. The number of nitrogens with two attached hydrogens (primary N) is 1. The molecule has 3 N–H and O–H groups in total. The van der Waals surface area contributed by atoms with E-state index in [1.54, 1.807) is 36.4 Å². The Hall–Kier alpha value is -3.88. The number of likely N-dealkylation sites (N-methyl/N-ethyl adjacent to an activating group) is 1. The van der Waals surface area contributed by atoms with Crippen LogP contribution in [0.25, 0.3) is 22.0 Å². The molecule has 1 aliphatic rings. The molecular weight excluding hydrogens is 489 g/mol. The highest BCUT2D eigenvalue weighted by Gasteiger charge is 2.56. The average Bonchev–Trinajstić information content (AvgIpc) is 3.01. The Labute approximate surface area is 201 Å². The quantitative estimate of drug-likeness (QED) is 0.406. The summed E-state index contributed by atoms with van der Waals surface area (Å²) in [6, 6.07) is 9.99. The summed E-state index contributed by atoms with van der Waals surface area (Å²) in [5, 5.41) is 11.7. The Bertz CT molecular complexity index is 1420. The number of anilines is 1. The van der Waals surface area contributed by atoms with E-state index in [1.807, 2.05) is 0 Å². The fourth-order valence-corrected chi connectivity index (χ4v) is 3.87. The van der Waals surface area contributed by atoms with Gasteiger partial charge in [-0.1, -0.05) is 29.7 Å². The van der Waals surface area contributed by atoms with Gasteiger partial charge in [0.05, 0.1) is 17.1 Å². The number of carbonyl (C=O) groups excluding carboxylic acids is 2. The van der Waals surface area contributed by atoms with Crippen LogP contribution in [0, 0.1) is 11.8 Å². The van der Waals surface area contributed by atoms with Gasteiger partial charge in [0.25, 0.3) is 5.91 Å². The molecular formula is C23H16ClF3N4O4. The number of hydrogen-bond donors (Lipinski definition) is 2. The molecule has 180 valence electrons. The van der Waals surface area contributed by atoms with E-state index >= 15 is 0 Å². The van der Waals surface area contributed by atoms with Crippen molar-refractivity contribution in [1.82, 2.24) is 14.9 Å². The maximum absolute atomic E-state index is 12.6. The molecule has 12 heteroatoms. The number of likely N-dealkylation sites (tertiary alicyclic amines) is 1. The maximum Gasteiger partial charge on any atom is 0.490 e. The number of hydrogen-bond acceptors (Lipinski definition) is 7. The van der Waals surface area contributed by atoms with Crippen molar-refractivity contribution in [3.63, 3.8) is 0 Å². The molecule has 1 aliphatic heterocycles. The Kier molecular flexibility index (Phi) is 6.04. The fourth-order valence-electron chi connectivity index (χ4n) is 3.60. The lowest BCUT2D eigenvalue weighted by molar-refractivity contribution is -0.209. The van der Waals surface area contributed by atoms with Gasteiger partial charge in [0.1, 0.15) is 12.1 Å². The van der Waals surface area contributed by atoms with Crippen LogP contribution in [-0.4, -0.2) is 63.3 Å². The average molecular weight is 505 g/mol. The fraction of sp³-hybridized carbons (Fsp3) is 0.217. The molecule has 0 bridgehead atoms. The first kappa shape index (κ1) is 24.3. The number of nitrogen functional groups attached to an aromatic ring is 1. The van der Waals surface area contributed by atoms with Crippen molar-refractivity contribution in [2.24, 2.45) is 0 Å². The van der Waals surface area contributed by atoms with Gasteiger partial charge < -0.3 is 20.5 Å². The molecule has 0 aliphatic carbocycles. The monoisotopic (exact) mass is 504 g/mol. The van der Waals surface area contributed by atoms with Crippen LogP contribution in [0.2, 0.25) is 5.02 Å². The standard InChI is InChI=1S/C23H16ClF3N4O4/c1-31-10-17(35-21(33)23(25,26)27)22(34,20(31)32)6-5-12-3-2-4-13(7-12)14-8-15-18(16(24)9-14)29-11-30-19(15)28/h2-4,7-9,11,17,34H,10H2,1H3,(H2,28,29,30)/t17?,22-/m1/s1. The Morgan fingerprint density at radius 2 is 2.03 bits per heavy atom. The number of fused-ring (bicyclic) bond motifs is 1. The molecule has 8 nitrogen and oxygen atoms in total. The number of alkyl halides is 3. The molecule has 1 saturated heterocycles. The maximum atomic E-state index is 12.6. The molecule has 3 aromatic rings. The minimum atomic E-state index is -5.29. The molecule has 1 fully saturated rings. The van der Waals surface area contributed by atoms with E-state index in [9.17, 15) is 27.9 Å². The molecule has 1 aromatic heterocycles. The first-order valence-electron chi connectivity index (χ1n) is 9.99. The minimum absolute atomic E-state index is 0.236. The summed E-state index contributed by atoms with van der Waals surface area (Å²) >= 11 is 6.34. The molecule has 2 heterocycles. The number of aliphatic hydroxyl groups is 1. The van der Waals surface area contributed by atoms with Crippen molar-refractivity contribution in [3.8, 4) is 23.0 Å². The molecule has 2 atom stereocenters. The minimum Gasteiger partial charge on any atom is -0.449 e. The van der Waals surface area contributed by atoms with Gasteiger partial charge in [-0.25, -0.2) is 14.8 Å². The van der Waals surface area contributed by atoms with Gasteiger partial charge in [-0.3, -0.25) is 4.79 Å². The first-order valence-corrected chi connectivity index (χ1v) is 10.4. The number of esters is 1. The third-order valence-electron chi connectivity index (χ3n) is 5.38. The highest BCUT2D eigenvalue weighted by Crippen LogP contribution is 2.32. The largest absolute Gasteiger partial charge is 0.490 e. The number of aromatic nitrogens is 2. The first-order chi connectivity index (χ1) is 16.4. The van der Waals surface area contributed by atoms with Crippen molar-refractivity contribution in [1.29, 1.82) is 0 Å². The van der Waals surface area contributed by atoms with Crippen LogP contribution in [0.3, 0.4) is 0 Å².